The van der Waals surface area contributed by atoms with Crippen LogP contribution >= 0.6 is 11.3 Å². The Balaban J connectivity index is 1.05. The predicted molar refractivity (Wildman–Crippen MR) is 227 cm³/mol. The van der Waals surface area contributed by atoms with Gasteiger partial charge in [0, 0.05) is 29.2 Å². The molecule has 16 nitrogen and oxygen atoms in total. The maximum Gasteiger partial charge on any atom is 0.408 e. The molecule has 0 radical (unpaired) electrons. The fraction of sp³-hybridized carbons (Fsp3) is 0.558. The van der Waals surface area contributed by atoms with Crippen LogP contribution in [0.25, 0.3) is 27.3 Å². The number of carbonyl (C=O) groups is 4. The third-order valence-electron chi connectivity index (χ3n) is 12.6. The number of alkyl carbamates (subject to hydrolysis) is 1. The van der Waals surface area contributed by atoms with Crippen molar-refractivity contribution in [1.29, 1.82) is 0 Å². The van der Waals surface area contributed by atoms with E-state index in [0.29, 0.717) is 59.8 Å². The molecule has 2 aliphatic heterocycles. The maximum atomic E-state index is 14.8. The topological polar surface area (TPSA) is 203 Å². The molecule has 1 saturated heterocycles. The van der Waals surface area contributed by atoms with E-state index in [0.717, 1.165) is 49.6 Å². The predicted octanol–water partition coefficient (Wildman–Crippen LogP) is 5.52. The van der Waals surface area contributed by atoms with Gasteiger partial charge < -0.3 is 25.0 Å². The molecule has 4 aromatic rings. The van der Waals surface area contributed by atoms with Crippen molar-refractivity contribution in [3.05, 3.63) is 53.6 Å². The summed E-state index contributed by atoms with van der Waals surface area (Å²) in [7, 11) is -3.91. The summed E-state index contributed by atoms with van der Waals surface area (Å²) in [5.41, 5.74) is 1.26. The molecule has 3 saturated carbocycles. The fourth-order valence-electron chi connectivity index (χ4n) is 8.82. The molecule has 4 amide bonds. The number of allylic oxidation sites excluding steroid dienone is 1. The number of benzene rings is 1. The van der Waals surface area contributed by atoms with Crippen LogP contribution in [-0.4, -0.2) is 98.3 Å². The van der Waals surface area contributed by atoms with Crippen molar-refractivity contribution in [2.75, 3.05) is 6.54 Å². The molecule has 3 aromatic heterocycles. The number of carbonyl (C=O) groups excluding carboxylic acids is 4. The molecule has 5 heterocycles. The normalized spacial score (nSPS) is 26.4. The number of rotatable bonds is 9. The van der Waals surface area contributed by atoms with E-state index < -0.39 is 68.7 Å². The summed E-state index contributed by atoms with van der Waals surface area (Å²) < 4.78 is 42.3. The van der Waals surface area contributed by atoms with Crippen LogP contribution in [0.3, 0.4) is 0 Å². The van der Waals surface area contributed by atoms with Crippen LogP contribution in [0.15, 0.2) is 47.9 Å². The van der Waals surface area contributed by atoms with E-state index >= 15 is 0 Å². The van der Waals surface area contributed by atoms with Crippen LogP contribution in [0.1, 0.15) is 109 Å². The molecule has 3 N–H and O–H groups in total. The molecule has 324 valence electrons. The van der Waals surface area contributed by atoms with Crippen LogP contribution in [0, 0.1) is 5.92 Å². The lowest BCUT2D eigenvalue weighted by Crippen LogP contribution is -2.58. The third kappa shape index (κ3) is 8.57. The SMILES string of the molecule is CC(C)c1csc(-c2cc(O[C@@H]3C[C@H]4C(=O)N[C@]5(C(=O)NS(=O)(=O)C6CC6)C[C@H]5C=CCCCCC[C@H](NC(=O)OC5CCCC5)C(=O)N4C3)n3nc4ccccc4c3n2)n1. The lowest BCUT2D eigenvalue weighted by atomic mass is 10.0. The van der Waals surface area contributed by atoms with Gasteiger partial charge in [-0.1, -0.05) is 51.0 Å². The van der Waals surface area contributed by atoms with E-state index in [1.165, 1.54) is 16.2 Å². The Labute approximate surface area is 358 Å². The quantitative estimate of drug-likeness (QED) is 0.179. The Morgan fingerprint density at radius 3 is 2.56 bits per heavy atom. The molecule has 61 heavy (non-hydrogen) atoms. The highest BCUT2D eigenvalue weighted by Gasteiger charge is 2.62. The van der Waals surface area contributed by atoms with Crippen molar-refractivity contribution in [2.45, 2.75) is 138 Å². The standard InChI is InChI=1S/C43H52N8O8S2/c1-25(2)34-24-60-39(45-34)33-21-36(51-37(44-33)30-15-10-11-16-31(30)48-51)58-28-20-35-38(52)47-43(41(54)49-61(56,57)29-18-19-29)22-26(43)12-6-4-3-5-7-17-32(40(53)50(35)23-28)46-42(55)59-27-13-8-9-14-27/h6,10-12,15-16,21,24-29,32,35H,3-5,7-9,13-14,17-20,22-23H2,1-2H3,(H,46,55)(H,47,52)(H,49,54)/t26-,28-,32+,35+,43-/m1/s1. The molecule has 5 aliphatic rings. The minimum absolute atomic E-state index is 0.0277. The van der Waals surface area contributed by atoms with E-state index in [2.05, 4.69) is 29.2 Å². The molecule has 4 fully saturated rings. The number of nitrogens with one attached hydrogen (secondary N) is 3. The van der Waals surface area contributed by atoms with Crippen molar-refractivity contribution in [3.63, 3.8) is 0 Å². The van der Waals surface area contributed by atoms with Crippen molar-refractivity contribution in [1.82, 2.24) is 39.8 Å². The van der Waals surface area contributed by atoms with Crippen LogP contribution in [0.5, 0.6) is 5.88 Å². The smallest absolute Gasteiger partial charge is 0.408 e. The fourth-order valence-corrected chi connectivity index (χ4v) is 11.1. The summed E-state index contributed by atoms with van der Waals surface area (Å²) in [6, 6.07) is 7.26. The van der Waals surface area contributed by atoms with Gasteiger partial charge in [0.15, 0.2) is 5.65 Å². The van der Waals surface area contributed by atoms with Gasteiger partial charge in [0.25, 0.3) is 5.91 Å². The lowest BCUT2D eigenvalue weighted by molar-refractivity contribution is -0.141. The highest BCUT2D eigenvalue weighted by atomic mass is 32.2. The van der Waals surface area contributed by atoms with Gasteiger partial charge in [-0.25, -0.2) is 23.2 Å². The highest BCUT2D eigenvalue weighted by Crippen LogP contribution is 2.46. The van der Waals surface area contributed by atoms with Crippen molar-refractivity contribution in [3.8, 4) is 16.6 Å². The second-order valence-corrected chi connectivity index (χ2v) is 20.3. The summed E-state index contributed by atoms with van der Waals surface area (Å²) >= 11 is 1.48. The summed E-state index contributed by atoms with van der Waals surface area (Å²) in [6.07, 6.45) is 10.1. The van der Waals surface area contributed by atoms with Gasteiger partial charge in [0.1, 0.15) is 40.5 Å². The molecule has 9 rings (SSSR count). The molecule has 1 aromatic carbocycles. The first-order valence-electron chi connectivity index (χ1n) is 21.6. The zero-order valence-electron chi connectivity index (χ0n) is 34.4. The van der Waals surface area contributed by atoms with E-state index in [1.54, 1.807) is 10.6 Å². The van der Waals surface area contributed by atoms with Gasteiger partial charge in [-0.2, -0.15) is 9.61 Å². The molecular formula is C43H52N8O8S2. The third-order valence-corrected chi connectivity index (χ3v) is 15.3. The minimum Gasteiger partial charge on any atom is -0.472 e. The molecule has 0 spiro atoms. The number of fused-ring (bicyclic) bond motifs is 5. The number of sulfonamides is 1. The maximum absolute atomic E-state index is 14.8. The van der Waals surface area contributed by atoms with Crippen LogP contribution in [-0.2, 0) is 29.1 Å². The molecule has 18 heteroatoms. The van der Waals surface area contributed by atoms with Gasteiger partial charge >= 0.3 is 6.09 Å². The first-order chi connectivity index (χ1) is 29.4. The van der Waals surface area contributed by atoms with Gasteiger partial charge in [0.2, 0.25) is 27.7 Å². The van der Waals surface area contributed by atoms with Crippen LogP contribution in [0.2, 0.25) is 0 Å². The number of nitrogens with zero attached hydrogens (tertiary/aromatic N) is 5. The number of ether oxygens (including phenoxy) is 2. The zero-order valence-corrected chi connectivity index (χ0v) is 36.0. The van der Waals surface area contributed by atoms with Crippen molar-refractivity contribution < 1.29 is 37.1 Å². The Kier molecular flexibility index (Phi) is 11.3. The monoisotopic (exact) mass is 872 g/mol. The van der Waals surface area contributed by atoms with Gasteiger partial charge in [-0.3, -0.25) is 19.1 Å². The number of hydrogen-bond acceptors (Lipinski definition) is 12. The molecule has 0 unspecified atom stereocenters. The summed E-state index contributed by atoms with van der Waals surface area (Å²) in [6.45, 7) is 4.12. The average molecular weight is 873 g/mol. The van der Waals surface area contributed by atoms with E-state index in [-0.39, 0.29) is 31.4 Å². The number of amides is 4. The molecule has 0 bridgehead atoms. The molecular weight excluding hydrogens is 821 g/mol. The largest absolute Gasteiger partial charge is 0.472 e. The first-order valence-corrected chi connectivity index (χ1v) is 24.0. The molecule has 5 atom stereocenters. The Morgan fingerprint density at radius 1 is 1.00 bits per heavy atom. The average Bonchev–Trinajstić information content (AvgIpc) is 3.87. The summed E-state index contributed by atoms with van der Waals surface area (Å²) in [5, 5.41) is 13.5. The minimum atomic E-state index is -3.91. The van der Waals surface area contributed by atoms with E-state index in [1.807, 2.05) is 41.8 Å². The first kappa shape index (κ1) is 41.3. The lowest BCUT2D eigenvalue weighted by Gasteiger charge is -2.30. The van der Waals surface area contributed by atoms with Gasteiger partial charge in [-0.05, 0) is 82.3 Å². The molecule has 3 aliphatic carbocycles. The van der Waals surface area contributed by atoms with Crippen molar-refractivity contribution in [2.24, 2.45) is 5.92 Å². The number of aromatic nitrogens is 4. The second-order valence-electron chi connectivity index (χ2n) is 17.5. The Bertz CT molecular complexity index is 2490. The van der Waals surface area contributed by atoms with Crippen LogP contribution < -0.4 is 20.1 Å². The van der Waals surface area contributed by atoms with E-state index in [9.17, 15) is 27.6 Å². The zero-order chi connectivity index (χ0) is 42.5. The Morgan fingerprint density at radius 2 is 1.79 bits per heavy atom. The summed E-state index contributed by atoms with van der Waals surface area (Å²) in [4.78, 5) is 67.9. The van der Waals surface area contributed by atoms with Crippen molar-refractivity contribution >= 4 is 61.7 Å². The second kappa shape index (κ2) is 16.6. The van der Waals surface area contributed by atoms with Crippen LogP contribution in [0.4, 0.5) is 4.79 Å². The number of thiazole rings is 1. The summed E-state index contributed by atoms with van der Waals surface area (Å²) in [5.74, 6) is -1.77. The number of hydrogen-bond donors (Lipinski definition) is 3. The van der Waals surface area contributed by atoms with Gasteiger partial charge in [-0.15, -0.1) is 11.3 Å². The van der Waals surface area contributed by atoms with Gasteiger partial charge in [0.05, 0.1) is 23.0 Å². The van der Waals surface area contributed by atoms with E-state index in [4.69, 9.17) is 24.5 Å². The highest BCUT2D eigenvalue weighted by molar-refractivity contribution is 7.91. The Hall–Kier alpha value is -5.10.